The van der Waals surface area contributed by atoms with Crippen molar-refractivity contribution in [1.82, 2.24) is 5.32 Å². The van der Waals surface area contributed by atoms with E-state index in [1.807, 2.05) is 6.92 Å². The molecule has 0 unspecified atom stereocenters. The van der Waals surface area contributed by atoms with Crippen LogP contribution in [0, 0.1) is 0 Å². The molecule has 0 heterocycles. The molecule has 0 saturated carbocycles. The van der Waals surface area contributed by atoms with E-state index in [9.17, 15) is 4.79 Å². The number of hydrogen-bond acceptors (Lipinski definition) is 6. The molecule has 0 saturated heterocycles. The first-order valence-corrected chi connectivity index (χ1v) is 9.44. The number of rotatable bonds is 10. The minimum Gasteiger partial charge on any atom is -0.493 e. The fraction of sp³-hybridized carbons (Fsp3) is 0.381. The number of hydrogen-bond donors (Lipinski definition) is 1. The Kier molecular flexibility index (Phi) is 8.27. The highest BCUT2D eigenvalue weighted by Crippen LogP contribution is 2.38. The first kappa shape index (κ1) is 22.5. The first-order chi connectivity index (χ1) is 14.0. The molecule has 0 spiro atoms. The zero-order valence-electron chi connectivity index (χ0n) is 17.3. The van der Waals surface area contributed by atoms with Gasteiger partial charge in [0.1, 0.15) is 0 Å². The smallest absolute Gasteiger partial charge is 0.251 e. The summed E-state index contributed by atoms with van der Waals surface area (Å²) in [6, 6.07) is 6.70. The second-order valence-corrected chi connectivity index (χ2v) is 6.46. The van der Waals surface area contributed by atoms with Gasteiger partial charge in [-0.25, -0.2) is 0 Å². The Bertz CT molecular complexity index is 830. The highest BCUT2D eigenvalue weighted by atomic mass is 35.5. The standard InChI is InChI=1S/C21H26ClNO6/c1-6-7-29-19-15(22)10-14(11-18(19)27-4)21(24)23-12-13-8-16(25-2)20(28-5)17(9-13)26-3/h8-11H,6-7,12H2,1-5H3,(H,23,24). The average Bonchev–Trinajstić information content (AvgIpc) is 2.74. The van der Waals surface area contributed by atoms with Crippen molar-refractivity contribution >= 4 is 17.5 Å². The molecule has 2 aromatic carbocycles. The summed E-state index contributed by atoms with van der Waals surface area (Å²) in [5, 5.41) is 3.17. The number of carbonyl (C=O) groups excluding carboxylic acids is 1. The molecule has 7 nitrogen and oxygen atoms in total. The second-order valence-electron chi connectivity index (χ2n) is 6.05. The van der Waals surface area contributed by atoms with E-state index < -0.39 is 0 Å². The molecule has 0 atom stereocenters. The van der Waals surface area contributed by atoms with Crippen LogP contribution in [0.1, 0.15) is 29.3 Å². The van der Waals surface area contributed by atoms with Gasteiger partial charge in [0.05, 0.1) is 40.1 Å². The van der Waals surface area contributed by atoms with Crippen molar-refractivity contribution < 1.29 is 28.5 Å². The number of benzene rings is 2. The van der Waals surface area contributed by atoms with Crippen LogP contribution in [0.5, 0.6) is 28.7 Å². The van der Waals surface area contributed by atoms with Crippen LogP contribution < -0.4 is 29.0 Å². The predicted molar refractivity (Wildman–Crippen MR) is 111 cm³/mol. The fourth-order valence-electron chi connectivity index (χ4n) is 2.72. The van der Waals surface area contributed by atoms with Crippen molar-refractivity contribution in [2.45, 2.75) is 19.9 Å². The Labute approximate surface area is 175 Å². The monoisotopic (exact) mass is 423 g/mol. The van der Waals surface area contributed by atoms with E-state index in [1.54, 1.807) is 24.3 Å². The van der Waals surface area contributed by atoms with Gasteiger partial charge in [-0.1, -0.05) is 18.5 Å². The van der Waals surface area contributed by atoms with Gasteiger partial charge in [-0.3, -0.25) is 4.79 Å². The first-order valence-electron chi connectivity index (χ1n) is 9.06. The Morgan fingerprint density at radius 3 is 2.00 bits per heavy atom. The maximum atomic E-state index is 12.6. The summed E-state index contributed by atoms with van der Waals surface area (Å²) < 4.78 is 26.9. The van der Waals surface area contributed by atoms with Crippen molar-refractivity contribution in [3.8, 4) is 28.7 Å². The lowest BCUT2D eigenvalue weighted by Gasteiger charge is -2.15. The predicted octanol–water partition coefficient (Wildman–Crippen LogP) is 4.09. The summed E-state index contributed by atoms with van der Waals surface area (Å²) in [7, 11) is 6.11. The maximum Gasteiger partial charge on any atom is 0.251 e. The van der Waals surface area contributed by atoms with Gasteiger partial charge in [0.25, 0.3) is 5.91 Å². The molecule has 0 radical (unpaired) electrons. The molecular formula is C21H26ClNO6. The lowest BCUT2D eigenvalue weighted by molar-refractivity contribution is 0.0950. The zero-order valence-corrected chi connectivity index (χ0v) is 18.0. The van der Waals surface area contributed by atoms with E-state index in [4.69, 9.17) is 35.3 Å². The molecule has 1 N–H and O–H groups in total. The van der Waals surface area contributed by atoms with Crippen LogP contribution in [0.4, 0.5) is 0 Å². The van der Waals surface area contributed by atoms with Crippen LogP contribution in [0.3, 0.4) is 0 Å². The summed E-state index contributed by atoms with van der Waals surface area (Å²) in [6.45, 7) is 2.75. The quantitative estimate of drug-likeness (QED) is 0.620. The minimum absolute atomic E-state index is 0.254. The van der Waals surface area contributed by atoms with E-state index in [-0.39, 0.29) is 12.5 Å². The number of ether oxygens (including phenoxy) is 5. The second kappa shape index (κ2) is 10.7. The van der Waals surface area contributed by atoms with Gasteiger partial charge in [0, 0.05) is 12.1 Å². The number of carbonyl (C=O) groups is 1. The summed E-state index contributed by atoms with van der Waals surface area (Å²) >= 11 is 6.29. The van der Waals surface area contributed by atoms with Crippen LogP contribution in [-0.2, 0) is 6.54 Å². The third-order valence-electron chi connectivity index (χ3n) is 4.12. The van der Waals surface area contributed by atoms with Gasteiger partial charge in [-0.05, 0) is 36.2 Å². The summed E-state index contributed by atoms with van der Waals surface area (Å²) in [6.07, 6.45) is 0.830. The largest absolute Gasteiger partial charge is 0.493 e. The van der Waals surface area contributed by atoms with Crippen LogP contribution in [0.25, 0.3) is 0 Å². The molecule has 2 aromatic rings. The van der Waals surface area contributed by atoms with Gasteiger partial charge in [0.2, 0.25) is 5.75 Å². The van der Waals surface area contributed by atoms with Crippen LogP contribution in [0.15, 0.2) is 24.3 Å². The maximum absolute atomic E-state index is 12.6. The normalized spacial score (nSPS) is 10.3. The molecule has 29 heavy (non-hydrogen) atoms. The van der Waals surface area contributed by atoms with Crippen molar-refractivity contribution in [2.75, 3.05) is 35.0 Å². The van der Waals surface area contributed by atoms with Gasteiger partial charge < -0.3 is 29.0 Å². The van der Waals surface area contributed by atoms with Crippen LogP contribution >= 0.6 is 11.6 Å². The molecule has 0 bridgehead atoms. The Hall–Kier alpha value is -2.80. The van der Waals surface area contributed by atoms with Crippen molar-refractivity contribution in [3.05, 3.63) is 40.4 Å². The molecule has 0 aliphatic rings. The lowest BCUT2D eigenvalue weighted by atomic mass is 10.1. The third-order valence-corrected chi connectivity index (χ3v) is 4.40. The minimum atomic E-state index is -0.305. The summed E-state index contributed by atoms with van der Waals surface area (Å²) in [5.74, 6) is 2.04. The highest BCUT2D eigenvalue weighted by Gasteiger charge is 2.17. The van der Waals surface area contributed by atoms with Crippen molar-refractivity contribution in [3.63, 3.8) is 0 Å². The molecule has 0 aliphatic carbocycles. The third kappa shape index (κ3) is 5.38. The molecule has 2 rings (SSSR count). The molecule has 0 fully saturated rings. The Morgan fingerprint density at radius 1 is 0.897 bits per heavy atom. The van der Waals surface area contributed by atoms with Crippen LogP contribution in [0.2, 0.25) is 5.02 Å². The van der Waals surface area contributed by atoms with Crippen molar-refractivity contribution in [2.24, 2.45) is 0 Å². The highest BCUT2D eigenvalue weighted by molar-refractivity contribution is 6.32. The Balaban J connectivity index is 2.20. The van der Waals surface area contributed by atoms with E-state index in [0.29, 0.717) is 45.9 Å². The SMILES string of the molecule is CCCOc1c(Cl)cc(C(=O)NCc2cc(OC)c(OC)c(OC)c2)cc1OC. The molecule has 8 heteroatoms. The van der Waals surface area contributed by atoms with E-state index in [2.05, 4.69) is 5.32 Å². The topological polar surface area (TPSA) is 75.3 Å². The fourth-order valence-corrected chi connectivity index (χ4v) is 2.98. The zero-order chi connectivity index (χ0) is 21.4. The number of methoxy groups -OCH3 is 4. The number of amides is 1. The van der Waals surface area contributed by atoms with Crippen molar-refractivity contribution in [1.29, 1.82) is 0 Å². The molecule has 0 aromatic heterocycles. The van der Waals surface area contributed by atoms with Gasteiger partial charge in [-0.15, -0.1) is 0 Å². The van der Waals surface area contributed by atoms with E-state index in [1.165, 1.54) is 28.4 Å². The molecule has 1 amide bonds. The molecular weight excluding hydrogens is 398 g/mol. The molecule has 158 valence electrons. The molecule has 0 aliphatic heterocycles. The van der Waals surface area contributed by atoms with E-state index in [0.717, 1.165) is 12.0 Å². The lowest BCUT2D eigenvalue weighted by Crippen LogP contribution is -2.23. The van der Waals surface area contributed by atoms with Gasteiger partial charge >= 0.3 is 0 Å². The summed E-state index contributed by atoms with van der Waals surface area (Å²) in [4.78, 5) is 12.6. The van der Waals surface area contributed by atoms with Crippen LogP contribution in [-0.4, -0.2) is 41.0 Å². The van der Waals surface area contributed by atoms with E-state index >= 15 is 0 Å². The Morgan fingerprint density at radius 2 is 1.48 bits per heavy atom. The van der Waals surface area contributed by atoms with Gasteiger partial charge in [-0.2, -0.15) is 0 Å². The van der Waals surface area contributed by atoms with Gasteiger partial charge in [0.15, 0.2) is 23.0 Å². The average molecular weight is 424 g/mol. The number of halogens is 1. The number of nitrogens with one attached hydrogen (secondary N) is 1. The summed E-state index contributed by atoms with van der Waals surface area (Å²) in [5.41, 5.74) is 1.15.